The van der Waals surface area contributed by atoms with E-state index in [2.05, 4.69) is 26.0 Å². The molecule has 1 aromatic carbocycles. The van der Waals surface area contributed by atoms with Gasteiger partial charge in [-0.25, -0.2) is 12.7 Å². The number of nitrogens with zero attached hydrogens (tertiary/aromatic N) is 1. The van der Waals surface area contributed by atoms with Gasteiger partial charge >= 0.3 is 6.61 Å². The predicted molar refractivity (Wildman–Crippen MR) is 82.5 cm³/mol. The standard InChI is InChI=1S/C13H17BrF2N2O3S/c14-11-2-3-12(21-13(15)16)10(8-11)9-17-4-6-18-5-1-7-22(18,19)20/h2-3,8,13,17H,1,4-7,9H2. The third-order valence-corrected chi connectivity index (χ3v) is 5.74. The second kappa shape index (κ2) is 7.67. The Hall–Kier alpha value is -0.770. The average molecular weight is 399 g/mol. The smallest absolute Gasteiger partial charge is 0.387 e. The Labute approximate surface area is 136 Å². The van der Waals surface area contributed by atoms with Gasteiger partial charge in [0.25, 0.3) is 0 Å². The number of rotatable bonds is 7. The van der Waals surface area contributed by atoms with Crippen molar-refractivity contribution in [2.45, 2.75) is 19.6 Å². The lowest BCUT2D eigenvalue weighted by molar-refractivity contribution is -0.0505. The SMILES string of the molecule is O=S1(=O)CCCN1CCNCc1cc(Br)ccc1OC(F)F. The van der Waals surface area contributed by atoms with Crippen molar-refractivity contribution in [1.82, 2.24) is 9.62 Å². The van der Waals surface area contributed by atoms with E-state index in [1.54, 1.807) is 12.1 Å². The number of alkyl halides is 2. The molecule has 1 fully saturated rings. The van der Waals surface area contributed by atoms with E-state index in [-0.39, 0.29) is 11.5 Å². The largest absolute Gasteiger partial charge is 0.434 e. The molecule has 0 saturated carbocycles. The Balaban J connectivity index is 1.87. The molecule has 1 aromatic rings. The van der Waals surface area contributed by atoms with Gasteiger partial charge in [-0.3, -0.25) is 0 Å². The van der Waals surface area contributed by atoms with Crippen LogP contribution in [0.4, 0.5) is 8.78 Å². The lowest BCUT2D eigenvalue weighted by Gasteiger charge is -2.15. The molecule has 1 heterocycles. The van der Waals surface area contributed by atoms with Crippen molar-refractivity contribution in [3.8, 4) is 5.75 Å². The minimum absolute atomic E-state index is 0.111. The van der Waals surface area contributed by atoms with Crippen LogP contribution in [0.2, 0.25) is 0 Å². The second-order valence-electron chi connectivity index (χ2n) is 4.88. The zero-order chi connectivity index (χ0) is 16.2. The molecule has 22 heavy (non-hydrogen) atoms. The zero-order valence-electron chi connectivity index (χ0n) is 11.8. The molecule has 124 valence electrons. The number of nitrogens with one attached hydrogen (secondary N) is 1. The molecule has 0 spiro atoms. The van der Waals surface area contributed by atoms with E-state index in [1.807, 2.05) is 0 Å². The first-order chi connectivity index (χ1) is 10.4. The average Bonchev–Trinajstić information content (AvgIpc) is 2.76. The van der Waals surface area contributed by atoms with E-state index in [1.165, 1.54) is 10.4 Å². The lowest BCUT2D eigenvalue weighted by atomic mass is 10.2. The van der Waals surface area contributed by atoms with Crippen LogP contribution >= 0.6 is 15.9 Å². The summed E-state index contributed by atoms with van der Waals surface area (Å²) in [6.07, 6.45) is 0.653. The van der Waals surface area contributed by atoms with E-state index in [0.29, 0.717) is 38.2 Å². The number of benzene rings is 1. The van der Waals surface area contributed by atoms with Crippen LogP contribution in [0.3, 0.4) is 0 Å². The molecular formula is C13H17BrF2N2O3S. The molecule has 1 N–H and O–H groups in total. The van der Waals surface area contributed by atoms with Crippen molar-refractivity contribution in [1.29, 1.82) is 0 Å². The first-order valence-electron chi connectivity index (χ1n) is 6.80. The molecule has 9 heteroatoms. The summed E-state index contributed by atoms with van der Waals surface area (Å²) in [6.45, 7) is -1.20. The highest BCUT2D eigenvalue weighted by atomic mass is 79.9. The molecule has 1 saturated heterocycles. The van der Waals surface area contributed by atoms with Gasteiger partial charge in [-0.05, 0) is 24.6 Å². The topological polar surface area (TPSA) is 58.6 Å². The van der Waals surface area contributed by atoms with Crippen molar-refractivity contribution in [3.05, 3.63) is 28.2 Å². The van der Waals surface area contributed by atoms with Crippen LogP contribution in [0.25, 0.3) is 0 Å². The predicted octanol–water partition coefficient (Wildman–Crippen LogP) is 2.18. The van der Waals surface area contributed by atoms with E-state index < -0.39 is 16.6 Å². The van der Waals surface area contributed by atoms with Gasteiger partial charge in [0.2, 0.25) is 10.0 Å². The summed E-state index contributed by atoms with van der Waals surface area (Å²) in [5, 5.41) is 3.06. The molecule has 1 aliphatic heterocycles. The number of ether oxygens (including phenoxy) is 1. The number of hydrogen-bond donors (Lipinski definition) is 1. The number of sulfonamides is 1. The Morgan fingerprint density at radius 1 is 1.41 bits per heavy atom. The molecule has 0 unspecified atom stereocenters. The molecule has 0 radical (unpaired) electrons. The molecular weight excluding hydrogens is 382 g/mol. The van der Waals surface area contributed by atoms with Crippen LogP contribution in [0, 0.1) is 0 Å². The molecule has 5 nitrogen and oxygen atoms in total. The maximum absolute atomic E-state index is 12.4. The maximum Gasteiger partial charge on any atom is 0.387 e. The van der Waals surface area contributed by atoms with Gasteiger partial charge in [0, 0.05) is 36.2 Å². The van der Waals surface area contributed by atoms with Gasteiger partial charge in [0.15, 0.2) is 0 Å². The van der Waals surface area contributed by atoms with E-state index >= 15 is 0 Å². The third kappa shape index (κ3) is 4.87. The van der Waals surface area contributed by atoms with Crippen molar-refractivity contribution < 1.29 is 21.9 Å². The summed E-state index contributed by atoms with van der Waals surface area (Å²) >= 11 is 3.28. The Morgan fingerprint density at radius 3 is 2.82 bits per heavy atom. The van der Waals surface area contributed by atoms with Crippen molar-refractivity contribution >= 4 is 26.0 Å². The monoisotopic (exact) mass is 398 g/mol. The van der Waals surface area contributed by atoms with Gasteiger partial charge in [-0.2, -0.15) is 8.78 Å². The molecule has 0 atom stereocenters. The molecule has 0 amide bonds. The van der Waals surface area contributed by atoms with Crippen LogP contribution in [0.1, 0.15) is 12.0 Å². The van der Waals surface area contributed by atoms with Gasteiger partial charge in [-0.15, -0.1) is 0 Å². The Bertz CT molecular complexity index is 613. The normalized spacial score (nSPS) is 18.0. The molecule has 0 aliphatic carbocycles. The van der Waals surface area contributed by atoms with Crippen LogP contribution in [-0.2, 0) is 16.6 Å². The van der Waals surface area contributed by atoms with E-state index in [4.69, 9.17) is 0 Å². The molecule has 0 aromatic heterocycles. The highest BCUT2D eigenvalue weighted by molar-refractivity contribution is 9.10. The van der Waals surface area contributed by atoms with Crippen molar-refractivity contribution in [2.75, 3.05) is 25.4 Å². The first kappa shape index (κ1) is 17.6. The van der Waals surface area contributed by atoms with Gasteiger partial charge in [0.05, 0.1) is 5.75 Å². The van der Waals surface area contributed by atoms with Crippen LogP contribution in [-0.4, -0.2) is 44.7 Å². The fraction of sp³-hybridized carbons (Fsp3) is 0.538. The first-order valence-corrected chi connectivity index (χ1v) is 9.20. The fourth-order valence-electron chi connectivity index (χ4n) is 2.27. The van der Waals surface area contributed by atoms with Gasteiger partial charge < -0.3 is 10.1 Å². The van der Waals surface area contributed by atoms with Crippen molar-refractivity contribution in [3.63, 3.8) is 0 Å². The molecule has 1 aliphatic rings. The summed E-state index contributed by atoms with van der Waals surface area (Å²) in [6, 6.07) is 4.79. The molecule has 0 bridgehead atoms. The van der Waals surface area contributed by atoms with E-state index in [9.17, 15) is 17.2 Å². The quantitative estimate of drug-likeness (QED) is 0.715. The number of hydrogen-bond acceptors (Lipinski definition) is 4. The van der Waals surface area contributed by atoms with E-state index in [0.717, 1.165) is 4.47 Å². The summed E-state index contributed by atoms with van der Waals surface area (Å²) in [7, 11) is -3.10. The highest BCUT2D eigenvalue weighted by Crippen LogP contribution is 2.24. The minimum Gasteiger partial charge on any atom is -0.434 e. The van der Waals surface area contributed by atoms with Crippen LogP contribution < -0.4 is 10.1 Å². The van der Waals surface area contributed by atoms with Gasteiger partial charge in [-0.1, -0.05) is 15.9 Å². The summed E-state index contributed by atoms with van der Waals surface area (Å²) < 4.78 is 54.6. The van der Waals surface area contributed by atoms with Crippen LogP contribution in [0.15, 0.2) is 22.7 Å². The second-order valence-corrected chi connectivity index (χ2v) is 7.88. The zero-order valence-corrected chi connectivity index (χ0v) is 14.2. The highest BCUT2D eigenvalue weighted by Gasteiger charge is 2.27. The summed E-state index contributed by atoms with van der Waals surface area (Å²) in [5.74, 6) is 0.310. The number of halogens is 3. The minimum atomic E-state index is -3.10. The van der Waals surface area contributed by atoms with Crippen LogP contribution in [0.5, 0.6) is 5.75 Å². The Morgan fingerprint density at radius 2 is 2.18 bits per heavy atom. The van der Waals surface area contributed by atoms with Gasteiger partial charge in [0.1, 0.15) is 5.75 Å². The fourth-order valence-corrected chi connectivity index (χ4v) is 4.20. The maximum atomic E-state index is 12.4. The summed E-state index contributed by atoms with van der Waals surface area (Å²) in [5.41, 5.74) is 0.582. The lowest BCUT2D eigenvalue weighted by Crippen LogP contribution is -2.33. The summed E-state index contributed by atoms with van der Waals surface area (Å²) in [4.78, 5) is 0. The third-order valence-electron chi connectivity index (χ3n) is 3.30. The molecule has 2 rings (SSSR count). The van der Waals surface area contributed by atoms with Crippen molar-refractivity contribution in [2.24, 2.45) is 0 Å². The Kier molecular flexibility index (Phi) is 6.13.